The van der Waals surface area contributed by atoms with E-state index in [4.69, 9.17) is 21.1 Å². The molecule has 0 radical (unpaired) electrons. The molecule has 4 rings (SSSR count). The minimum Gasteiger partial charge on any atom is -0.487 e. The van der Waals surface area contributed by atoms with Gasteiger partial charge in [0.25, 0.3) is 0 Å². The van der Waals surface area contributed by atoms with Crippen LogP contribution in [0.15, 0.2) is 48.5 Å². The maximum Gasteiger partial charge on any atom is 0.410 e. The number of likely N-dealkylation sites (N-methyl/N-ethyl adjacent to an activating group) is 1. The van der Waals surface area contributed by atoms with E-state index in [1.807, 2.05) is 48.5 Å². The average Bonchev–Trinajstić information content (AvgIpc) is 3.03. The lowest BCUT2D eigenvalue weighted by Gasteiger charge is -2.14. The molecule has 28 heavy (non-hydrogen) atoms. The first-order chi connectivity index (χ1) is 13.6. The first-order valence-corrected chi connectivity index (χ1v) is 9.26. The number of amides is 1. The lowest BCUT2D eigenvalue weighted by molar-refractivity contribution is 0.104. The van der Waals surface area contributed by atoms with Crippen molar-refractivity contribution in [1.82, 2.24) is 14.9 Å². The number of ether oxygens (including phenoxy) is 2. The molecule has 1 unspecified atom stereocenters. The summed E-state index contributed by atoms with van der Waals surface area (Å²) < 4.78 is 11.1. The summed E-state index contributed by atoms with van der Waals surface area (Å²) in [6.07, 6.45) is -0.662. The van der Waals surface area contributed by atoms with Crippen molar-refractivity contribution in [3.8, 4) is 5.75 Å². The minimum absolute atomic E-state index is 0.131. The molecule has 1 N–H and O–H groups in total. The molecule has 1 fully saturated rings. The van der Waals surface area contributed by atoms with E-state index in [0.29, 0.717) is 30.2 Å². The Balaban J connectivity index is 1.55. The van der Waals surface area contributed by atoms with Crippen molar-refractivity contribution in [3.05, 3.63) is 59.4 Å². The molecule has 7 nitrogen and oxygen atoms in total. The van der Waals surface area contributed by atoms with Crippen LogP contribution in [0.1, 0.15) is 5.56 Å². The third kappa shape index (κ3) is 3.94. The van der Waals surface area contributed by atoms with Gasteiger partial charge in [-0.3, -0.25) is 0 Å². The van der Waals surface area contributed by atoms with Gasteiger partial charge in [-0.15, -0.1) is 0 Å². The number of carbonyl (C=O) groups is 1. The van der Waals surface area contributed by atoms with Gasteiger partial charge in [0.05, 0.1) is 6.54 Å². The summed E-state index contributed by atoms with van der Waals surface area (Å²) in [5.41, 5.74) is 1.74. The number of nitrogens with one attached hydrogen (secondary N) is 1. The van der Waals surface area contributed by atoms with Crippen LogP contribution in [0.2, 0.25) is 5.28 Å². The molecule has 2 aromatic carbocycles. The summed E-state index contributed by atoms with van der Waals surface area (Å²) in [6, 6.07) is 15.6. The number of cyclic esters (lactones) is 1. The molecule has 1 aliphatic heterocycles. The fourth-order valence-corrected chi connectivity index (χ4v) is 3.22. The summed E-state index contributed by atoms with van der Waals surface area (Å²) in [6.45, 7) is 1.34. The van der Waals surface area contributed by atoms with Gasteiger partial charge in [0.15, 0.2) is 6.10 Å². The number of rotatable bonds is 6. The molecular weight excluding hydrogens is 380 g/mol. The standard InChI is InChI=1S/C20H19ClN4O3/c1-25-11-14(28-20(25)26)12-27-16-9-5-8-15-17(16)23-19(21)24-18(15)22-10-13-6-3-2-4-7-13/h2-9,14H,10-12H2,1H3,(H,22,23,24). The number of benzene rings is 2. The Morgan fingerprint density at radius 2 is 2.04 bits per heavy atom. The summed E-state index contributed by atoms with van der Waals surface area (Å²) in [5.74, 6) is 1.20. The van der Waals surface area contributed by atoms with E-state index in [0.717, 1.165) is 10.9 Å². The lowest BCUT2D eigenvalue weighted by Crippen LogP contribution is -2.23. The van der Waals surface area contributed by atoms with Crippen molar-refractivity contribution < 1.29 is 14.3 Å². The smallest absolute Gasteiger partial charge is 0.410 e. The number of fused-ring (bicyclic) bond motifs is 1. The quantitative estimate of drug-likeness (QED) is 0.637. The summed E-state index contributed by atoms with van der Waals surface area (Å²) in [5, 5.41) is 4.25. The maximum atomic E-state index is 11.5. The van der Waals surface area contributed by atoms with E-state index in [9.17, 15) is 4.79 Å². The average molecular weight is 399 g/mol. The number of hydrogen-bond acceptors (Lipinski definition) is 6. The Hall–Kier alpha value is -3.06. The van der Waals surface area contributed by atoms with Gasteiger partial charge in [-0.2, -0.15) is 0 Å². The highest BCUT2D eigenvalue weighted by atomic mass is 35.5. The number of aromatic nitrogens is 2. The van der Waals surface area contributed by atoms with Crippen LogP contribution in [-0.4, -0.2) is 47.3 Å². The largest absolute Gasteiger partial charge is 0.487 e. The van der Waals surface area contributed by atoms with Crippen molar-refractivity contribution in [2.24, 2.45) is 0 Å². The van der Waals surface area contributed by atoms with E-state index in [-0.39, 0.29) is 24.1 Å². The molecule has 1 atom stereocenters. The van der Waals surface area contributed by atoms with Crippen molar-refractivity contribution in [3.63, 3.8) is 0 Å². The molecule has 144 valence electrons. The van der Waals surface area contributed by atoms with Crippen molar-refractivity contribution in [1.29, 1.82) is 0 Å². The maximum absolute atomic E-state index is 11.5. The SMILES string of the molecule is CN1CC(COc2cccc3c(NCc4ccccc4)nc(Cl)nc23)OC1=O. The number of nitrogens with zero attached hydrogens (tertiary/aromatic N) is 3. The van der Waals surface area contributed by atoms with Crippen LogP contribution in [0.25, 0.3) is 10.9 Å². The number of anilines is 1. The number of para-hydroxylation sites is 1. The second-order valence-corrected chi connectivity index (χ2v) is 6.87. The molecule has 2 heterocycles. The minimum atomic E-state index is -0.343. The molecule has 0 spiro atoms. The summed E-state index contributed by atoms with van der Waals surface area (Å²) in [4.78, 5) is 21.7. The summed E-state index contributed by atoms with van der Waals surface area (Å²) in [7, 11) is 1.69. The van der Waals surface area contributed by atoms with Crippen LogP contribution < -0.4 is 10.1 Å². The first-order valence-electron chi connectivity index (χ1n) is 8.89. The zero-order valence-corrected chi connectivity index (χ0v) is 16.0. The van der Waals surface area contributed by atoms with Gasteiger partial charge in [-0.05, 0) is 29.3 Å². The summed E-state index contributed by atoms with van der Waals surface area (Å²) >= 11 is 6.15. The van der Waals surface area contributed by atoms with Crippen LogP contribution in [0.5, 0.6) is 5.75 Å². The van der Waals surface area contributed by atoms with Gasteiger partial charge in [-0.1, -0.05) is 36.4 Å². The molecule has 8 heteroatoms. The molecule has 0 saturated carbocycles. The third-order valence-corrected chi connectivity index (χ3v) is 4.62. The van der Waals surface area contributed by atoms with Gasteiger partial charge in [0, 0.05) is 19.0 Å². The van der Waals surface area contributed by atoms with Crippen molar-refractivity contribution >= 4 is 34.4 Å². The van der Waals surface area contributed by atoms with Gasteiger partial charge >= 0.3 is 6.09 Å². The highest BCUT2D eigenvalue weighted by molar-refractivity contribution is 6.29. The Labute approximate surface area is 167 Å². The third-order valence-electron chi connectivity index (χ3n) is 4.45. The predicted molar refractivity (Wildman–Crippen MR) is 107 cm³/mol. The first kappa shape index (κ1) is 18.3. The van der Waals surface area contributed by atoms with Crippen LogP contribution in [0, 0.1) is 0 Å². The van der Waals surface area contributed by atoms with Gasteiger partial charge in [0.1, 0.15) is 23.7 Å². The highest BCUT2D eigenvalue weighted by Crippen LogP contribution is 2.30. The highest BCUT2D eigenvalue weighted by Gasteiger charge is 2.28. The molecule has 0 aliphatic carbocycles. The second-order valence-electron chi connectivity index (χ2n) is 6.53. The molecule has 1 amide bonds. The van der Waals surface area contributed by atoms with E-state index < -0.39 is 0 Å². The predicted octanol–water partition coefficient (Wildman–Crippen LogP) is 3.72. The molecule has 1 saturated heterocycles. The Bertz CT molecular complexity index is 999. The monoisotopic (exact) mass is 398 g/mol. The Kier molecular flexibility index (Phi) is 5.16. The zero-order valence-electron chi connectivity index (χ0n) is 15.3. The molecule has 1 aromatic heterocycles. The normalized spacial score (nSPS) is 16.3. The molecule has 1 aliphatic rings. The second kappa shape index (κ2) is 7.90. The lowest BCUT2D eigenvalue weighted by atomic mass is 10.2. The van der Waals surface area contributed by atoms with Crippen LogP contribution in [0.3, 0.4) is 0 Å². The van der Waals surface area contributed by atoms with E-state index >= 15 is 0 Å². The van der Waals surface area contributed by atoms with Crippen LogP contribution in [-0.2, 0) is 11.3 Å². The van der Waals surface area contributed by atoms with E-state index in [1.165, 1.54) is 4.90 Å². The number of halogens is 1. The molecular formula is C20H19ClN4O3. The van der Waals surface area contributed by atoms with E-state index in [2.05, 4.69) is 15.3 Å². The van der Waals surface area contributed by atoms with Crippen LogP contribution in [0.4, 0.5) is 10.6 Å². The van der Waals surface area contributed by atoms with Crippen LogP contribution >= 0.6 is 11.6 Å². The van der Waals surface area contributed by atoms with Gasteiger partial charge < -0.3 is 19.7 Å². The molecule has 3 aromatic rings. The number of hydrogen-bond donors (Lipinski definition) is 1. The Morgan fingerprint density at radius 3 is 2.79 bits per heavy atom. The van der Waals surface area contributed by atoms with E-state index in [1.54, 1.807) is 7.05 Å². The fraction of sp³-hybridized carbons (Fsp3) is 0.250. The van der Waals surface area contributed by atoms with Gasteiger partial charge in [0.2, 0.25) is 5.28 Å². The Morgan fingerprint density at radius 1 is 1.21 bits per heavy atom. The number of carbonyl (C=O) groups excluding carboxylic acids is 1. The van der Waals surface area contributed by atoms with Gasteiger partial charge in [-0.25, -0.2) is 14.8 Å². The van der Waals surface area contributed by atoms with Crippen molar-refractivity contribution in [2.75, 3.05) is 25.5 Å². The topological polar surface area (TPSA) is 76.6 Å². The fourth-order valence-electron chi connectivity index (χ4n) is 3.05. The molecule has 0 bridgehead atoms. The zero-order chi connectivity index (χ0) is 19.5. The van der Waals surface area contributed by atoms with Crippen molar-refractivity contribution in [2.45, 2.75) is 12.6 Å².